The van der Waals surface area contributed by atoms with Gasteiger partial charge >= 0.3 is 0 Å². The van der Waals surface area contributed by atoms with Gasteiger partial charge in [0.15, 0.2) is 5.13 Å². The fourth-order valence-electron chi connectivity index (χ4n) is 6.56. The largest absolute Gasteiger partial charge is 0.488 e. The van der Waals surface area contributed by atoms with Gasteiger partial charge < -0.3 is 19.5 Å². The monoisotopic (exact) mass is 561 g/mol. The molecule has 2 unspecified atom stereocenters. The van der Waals surface area contributed by atoms with Crippen LogP contribution in [0.3, 0.4) is 0 Å². The van der Waals surface area contributed by atoms with Crippen LogP contribution in [0.15, 0.2) is 35.7 Å². The quantitative estimate of drug-likeness (QED) is 0.387. The van der Waals surface area contributed by atoms with Gasteiger partial charge in [-0.3, -0.25) is 9.69 Å². The molecule has 2 aromatic carbocycles. The molecule has 1 saturated carbocycles. The van der Waals surface area contributed by atoms with Gasteiger partial charge in [0.25, 0.3) is 6.47 Å². The Kier molecular flexibility index (Phi) is 7.59. The van der Waals surface area contributed by atoms with Gasteiger partial charge in [-0.15, -0.1) is 11.3 Å². The molecule has 0 spiro atoms. The molecular formula is C32H39N3O4S. The van der Waals surface area contributed by atoms with E-state index < -0.39 is 0 Å². The normalized spacial score (nSPS) is 23.8. The zero-order valence-corrected chi connectivity index (χ0v) is 24.5. The predicted molar refractivity (Wildman–Crippen MR) is 158 cm³/mol. The maximum absolute atomic E-state index is 8.36. The molecule has 8 heteroatoms. The van der Waals surface area contributed by atoms with Crippen LogP contribution in [-0.4, -0.2) is 60.4 Å². The van der Waals surface area contributed by atoms with E-state index in [0.29, 0.717) is 18.1 Å². The number of benzene rings is 2. The number of fused-ring (bicyclic) bond motifs is 2. The average Bonchev–Trinajstić information content (AvgIpc) is 3.35. The second-order valence-corrected chi connectivity index (χ2v) is 12.8. The van der Waals surface area contributed by atoms with Gasteiger partial charge in [0, 0.05) is 37.1 Å². The smallest absolute Gasteiger partial charge is 0.290 e. The van der Waals surface area contributed by atoms with Crippen molar-refractivity contribution in [1.29, 1.82) is 0 Å². The fraction of sp³-hybridized carbons (Fsp3) is 0.500. The van der Waals surface area contributed by atoms with E-state index in [-0.39, 0.29) is 6.47 Å². The summed E-state index contributed by atoms with van der Waals surface area (Å²) in [6.45, 7) is 13.4. The lowest BCUT2D eigenvalue weighted by molar-refractivity contribution is -0.122. The van der Waals surface area contributed by atoms with Crippen LogP contribution >= 0.6 is 11.3 Å². The molecule has 2 saturated heterocycles. The zero-order chi connectivity index (χ0) is 27.9. The first kappa shape index (κ1) is 27.2. The van der Waals surface area contributed by atoms with Gasteiger partial charge in [-0.25, -0.2) is 4.98 Å². The molecule has 0 amide bonds. The SMILES string of the molecule is Cc1cccc(-c2csc(N3CCC4(C)CC4C3)n2)c1OCc1ccc2c(c1C)CCN(C1COC1)C2.O=CO. The lowest BCUT2D eigenvalue weighted by atomic mass is 9.91. The summed E-state index contributed by atoms with van der Waals surface area (Å²) in [6.07, 6.45) is 3.78. The Hall–Kier alpha value is -2.94. The number of carboxylic acid groups (broad SMARTS) is 1. The Bertz CT molecular complexity index is 1390. The van der Waals surface area contributed by atoms with Crippen LogP contribution in [0.4, 0.5) is 5.13 Å². The van der Waals surface area contributed by atoms with Crippen molar-refractivity contribution in [3.05, 3.63) is 63.5 Å². The van der Waals surface area contributed by atoms with Crippen LogP contribution in [0.1, 0.15) is 47.6 Å². The summed E-state index contributed by atoms with van der Waals surface area (Å²) in [4.78, 5) is 18.5. The molecule has 4 aliphatic rings. The van der Waals surface area contributed by atoms with Crippen LogP contribution in [0.25, 0.3) is 11.3 Å². The number of ether oxygens (including phenoxy) is 2. The van der Waals surface area contributed by atoms with Gasteiger partial charge in [0.1, 0.15) is 12.4 Å². The molecule has 7 nitrogen and oxygen atoms in total. The minimum Gasteiger partial charge on any atom is -0.488 e. The van der Waals surface area contributed by atoms with Gasteiger partial charge in [-0.1, -0.05) is 31.2 Å². The molecule has 7 rings (SSSR count). The number of hydrogen-bond acceptors (Lipinski definition) is 7. The number of anilines is 1. The Balaban J connectivity index is 0.000000925. The lowest BCUT2D eigenvalue weighted by Gasteiger charge is -2.40. The third-order valence-corrected chi connectivity index (χ3v) is 10.4. The number of thiazole rings is 1. The van der Waals surface area contributed by atoms with E-state index in [2.05, 4.69) is 66.3 Å². The van der Waals surface area contributed by atoms with Gasteiger partial charge in [-0.2, -0.15) is 0 Å². The topological polar surface area (TPSA) is 75.1 Å². The number of aromatic nitrogens is 1. The summed E-state index contributed by atoms with van der Waals surface area (Å²) < 4.78 is 12.0. The van der Waals surface area contributed by atoms with E-state index in [1.807, 2.05) is 0 Å². The Morgan fingerprint density at radius 3 is 2.80 bits per heavy atom. The summed E-state index contributed by atoms with van der Waals surface area (Å²) in [5.74, 6) is 1.81. The molecule has 3 fully saturated rings. The lowest BCUT2D eigenvalue weighted by Crippen LogP contribution is -2.50. The highest BCUT2D eigenvalue weighted by molar-refractivity contribution is 7.14. The van der Waals surface area contributed by atoms with Gasteiger partial charge in [0.05, 0.1) is 24.9 Å². The second-order valence-electron chi connectivity index (χ2n) is 12.0. The molecule has 3 aromatic rings. The highest BCUT2D eigenvalue weighted by Gasteiger charge is 2.52. The van der Waals surface area contributed by atoms with E-state index in [1.165, 1.54) is 35.1 Å². The number of rotatable bonds is 6. The van der Waals surface area contributed by atoms with Crippen LogP contribution in [-0.2, 0) is 29.1 Å². The third-order valence-electron chi connectivity index (χ3n) is 9.52. The van der Waals surface area contributed by atoms with Crippen molar-refractivity contribution in [2.45, 2.75) is 59.2 Å². The highest BCUT2D eigenvalue weighted by Crippen LogP contribution is 2.58. The molecule has 2 atom stereocenters. The van der Waals surface area contributed by atoms with Crippen molar-refractivity contribution in [3.8, 4) is 17.0 Å². The van der Waals surface area contributed by atoms with E-state index >= 15 is 0 Å². The summed E-state index contributed by atoms with van der Waals surface area (Å²) in [7, 11) is 0. The summed E-state index contributed by atoms with van der Waals surface area (Å²) in [5, 5.41) is 10.3. The first-order chi connectivity index (χ1) is 19.4. The predicted octanol–water partition coefficient (Wildman–Crippen LogP) is 5.70. The number of piperidine rings is 1. The van der Waals surface area contributed by atoms with Crippen LogP contribution in [0.2, 0.25) is 0 Å². The first-order valence-electron chi connectivity index (χ1n) is 14.3. The number of carbonyl (C=O) groups is 1. The molecule has 1 N–H and O–H groups in total. The van der Waals surface area contributed by atoms with Crippen LogP contribution in [0.5, 0.6) is 5.75 Å². The maximum Gasteiger partial charge on any atom is 0.290 e. The minimum absolute atomic E-state index is 0.250. The molecule has 1 aliphatic carbocycles. The first-order valence-corrected chi connectivity index (χ1v) is 15.2. The molecule has 3 aliphatic heterocycles. The minimum atomic E-state index is -0.250. The van der Waals surface area contributed by atoms with Crippen molar-refractivity contribution in [1.82, 2.24) is 9.88 Å². The molecule has 0 radical (unpaired) electrons. The van der Waals surface area contributed by atoms with Crippen molar-refractivity contribution in [2.24, 2.45) is 11.3 Å². The van der Waals surface area contributed by atoms with E-state index in [4.69, 9.17) is 24.4 Å². The summed E-state index contributed by atoms with van der Waals surface area (Å²) in [6, 6.07) is 11.6. The molecular weight excluding hydrogens is 522 g/mol. The fourth-order valence-corrected chi connectivity index (χ4v) is 7.42. The zero-order valence-electron chi connectivity index (χ0n) is 23.7. The van der Waals surface area contributed by atoms with Crippen molar-refractivity contribution in [2.75, 3.05) is 37.7 Å². The van der Waals surface area contributed by atoms with Crippen LogP contribution in [0, 0.1) is 25.2 Å². The van der Waals surface area contributed by atoms with Crippen molar-refractivity contribution >= 4 is 22.9 Å². The van der Waals surface area contributed by atoms with E-state index in [9.17, 15) is 0 Å². The Morgan fingerprint density at radius 2 is 2.05 bits per heavy atom. The number of hydrogen-bond donors (Lipinski definition) is 1. The van der Waals surface area contributed by atoms with Crippen molar-refractivity contribution in [3.63, 3.8) is 0 Å². The molecule has 1 aromatic heterocycles. The number of aryl methyl sites for hydroxylation is 1. The molecule has 4 heterocycles. The van der Waals surface area contributed by atoms with E-state index in [0.717, 1.165) is 79.4 Å². The number of para-hydroxylation sites is 1. The summed E-state index contributed by atoms with van der Waals surface area (Å²) in [5.41, 5.74) is 9.56. The second kappa shape index (κ2) is 11.1. The van der Waals surface area contributed by atoms with Crippen LogP contribution < -0.4 is 9.64 Å². The van der Waals surface area contributed by atoms with Crippen molar-refractivity contribution < 1.29 is 19.4 Å². The third kappa shape index (κ3) is 5.24. The number of nitrogens with zero attached hydrogens (tertiary/aromatic N) is 3. The summed E-state index contributed by atoms with van der Waals surface area (Å²) >= 11 is 1.77. The standard InChI is InChI=1S/C31H37N3O2S.CH2O2/c1-20-5-4-6-27(28-19-37-30(32-28)34-12-10-31(3)13-24(31)15-34)29(20)36-16-23-8-7-22-14-33(25-17-35-18-25)11-9-26(22)21(23)2;2-1-3/h4-8,19,24-25H,9-18H2,1-3H3;1H,(H,2,3). The maximum atomic E-state index is 8.36. The van der Waals surface area contributed by atoms with Gasteiger partial charge in [-0.05, 0) is 78.3 Å². The molecule has 0 bridgehead atoms. The average molecular weight is 562 g/mol. The Labute approximate surface area is 240 Å². The highest BCUT2D eigenvalue weighted by atomic mass is 32.1. The Morgan fingerprint density at radius 1 is 1.23 bits per heavy atom. The van der Waals surface area contributed by atoms with Gasteiger partial charge in [0.2, 0.25) is 0 Å². The molecule has 40 heavy (non-hydrogen) atoms. The van der Waals surface area contributed by atoms with E-state index in [1.54, 1.807) is 11.3 Å². The molecule has 212 valence electrons.